The first kappa shape index (κ1) is 25.9. The molecule has 0 aliphatic carbocycles. The van der Waals surface area contributed by atoms with E-state index in [0.29, 0.717) is 10.7 Å². The van der Waals surface area contributed by atoms with Gasteiger partial charge in [-0.3, -0.25) is 9.59 Å². The van der Waals surface area contributed by atoms with Gasteiger partial charge in [-0.2, -0.15) is 0 Å². The number of hydrogen-bond acceptors (Lipinski definition) is 9. The number of aryl methyl sites for hydroxylation is 1. The number of hydrogen-bond donors (Lipinski definition) is 2. The molecule has 0 unspecified atom stereocenters. The van der Waals surface area contributed by atoms with Crippen LogP contribution in [-0.2, 0) is 16.1 Å². The maximum Gasteiger partial charge on any atom is 0.341 e. The van der Waals surface area contributed by atoms with Crippen molar-refractivity contribution in [2.24, 2.45) is 5.73 Å². The van der Waals surface area contributed by atoms with Gasteiger partial charge in [-0.1, -0.05) is 18.7 Å². The van der Waals surface area contributed by atoms with E-state index in [4.69, 9.17) is 10.5 Å². The second-order valence-corrected chi connectivity index (χ2v) is 10.9. The molecule has 0 saturated carbocycles. The number of amides is 2. The van der Waals surface area contributed by atoms with Crippen molar-refractivity contribution in [1.29, 1.82) is 0 Å². The molecule has 0 fully saturated rings. The zero-order chi connectivity index (χ0) is 25.0. The third kappa shape index (κ3) is 5.86. The minimum Gasteiger partial charge on any atom is -0.459 e. The first-order valence-corrected chi connectivity index (χ1v) is 13.4. The molecule has 0 bridgehead atoms. The minimum atomic E-state index is -0.667. The molecule has 3 N–H and O–H groups in total. The zero-order valence-electron chi connectivity index (χ0n) is 19.6. The lowest BCUT2D eigenvalue weighted by molar-refractivity contribution is -0.113. The monoisotopic (exact) mass is 521 g/mol. The molecule has 9 nitrogen and oxygen atoms in total. The summed E-state index contributed by atoms with van der Waals surface area (Å²) in [5, 5.41) is 14.3. The lowest BCUT2D eigenvalue weighted by atomic mass is 10.1. The van der Waals surface area contributed by atoms with Crippen molar-refractivity contribution in [1.82, 2.24) is 14.8 Å². The number of thioether (sulfide) groups is 1. The highest BCUT2D eigenvalue weighted by molar-refractivity contribution is 7.99. The fraction of sp³-hybridized carbons (Fsp3) is 0.409. The van der Waals surface area contributed by atoms with E-state index in [9.17, 15) is 14.4 Å². The van der Waals surface area contributed by atoms with Crippen LogP contribution in [0, 0.1) is 13.8 Å². The standard InChI is InChI=1S/C22H27N5O4S3/c1-6-7-27-19(14-8-12(4)32-9-14)25-26-22(27)33-10-15(28)24-20-16(21(30)31-11(2)3)13(5)17(34-20)18(23)29/h8-9,11H,6-7,10H2,1-5H3,(H2,23,29)(H,24,28). The molecule has 0 atom stereocenters. The number of thiophene rings is 2. The lowest BCUT2D eigenvalue weighted by Gasteiger charge is -2.11. The van der Waals surface area contributed by atoms with Gasteiger partial charge in [0.05, 0.1) is 22.3 Å². The largest absolute Gasteiger partial charge is 0.459 e. The summed E-state index contributed by atoms with van der Waals surface area (Å²) in [4.78, 5) is 38.6. The molecule has 3 rings (SSSR count). The van der Waals surface area contributed by atoms with Crippen LogP contribution in [0.2, 0.25) is 0 Å². The Labute approximate surface area is 210 Å². The average Bonchev–Trinajstić information content (AvgIpc) is 3.43. The van der Waals surface area contributed by atoms with E-state index >= 15 is 0 Å². The van der Waals surface area contributed by atoms with E-state index in [1.54, 1.807) is 32.1 Å². The highest BCUT2D eigenvalue weighted by atomic mass is 32.2. The molecule has 3 aromatic heterocycles. The molecule has 3 heterocycles. The van der Waals surface area contributed by atoms with Gasteiger partial charge in [-0.15, -0.1) is 32.9 Å². The van der Waals surface area contributed by atoms with E-state index in [0.717, 1.165) is 35.7 Å². The van der Waals surface area contributed by atoms with Crippen LogP contribution in [0.4, 0.5) is 5.00 Å². The van der Waals surface area contributed by atoms with Crippen molar-refractivity contribution in [2.45, 2.75) is 58.8 Å². The number of ether oxygens (including phenoxy) is 1. The number of nitrogens with zero attached hydrogens (tertiary/aromatic N) is 3. The molecule has 2 amide bonds. The molecule has 0 saturated heterocycles. The van der Waals surface area contributed by atoms with Gasteiger partial charge in [0.1, 0.15) is 5.00 Å². The van der Waals surface area contributed by atoms with Gasteiger partial charge in [0.25, 0.3) is 5.91 Å². The van der Waals surface area contributed by atoms with Crippen LogP contribution in [0.1, 0.15) is 57.7 Å². The predicted molar refractivity (Wildman–Crippen MR) is 136 cm³/mol. The van der Waals surface area contributed by atoms with Crippen LogP contribution in [0.25, 0.3) is 11.4 Å². The third-order valence-electron chi connectivity index (χ3n) is 4.66. The molecular weight excluding hydrogens is 494 g/mol. The number of esters is 1. The molecule has 0 aliphatic heterocycles. The lowest BCUT2D eigenvalue weighted by Crippen LogP contribution is -2.18. The van der Waals surface area contributed by atoms with E-state index in [-0.39, 0.29) is 33.2 Å². The van der Waals surface area contributed by atoms with Crippen molar-refractivity contribution < 1.29 is 19.1 Å². The Morgan fingerprint density at radius 3 is 2.59 bits per heavy atom. The summed E-state index contributed by atoms with van der Waals surface area (Å²) in [6, 6.07) is 2.06. The Hall–Kier alpha value is -2.70. The van der Waals surface area contributed by atoms with Gasteiger partial charge in [0, 0.05) is 22.4 Å². The Bertz CT molecular complexity index is 1210. The summed E-state index contributed by atoms with van der Waals surface area (Å²) in [7, 11) is 0. The SMILES string of the molecule is CCCn1c(SCC(=O)Nc2sc(C(N)=O)c(C)c2C(=O)OC(C)C)nnc1-c1csc(C)c1. The Morgan fingerprint density at radius 1 is 1.26 bits per heavy atom. The fourth-order valence-corrected chi connectivity index (χ4v) is 5.75. The molecule has 0 spiro atoms. The van der Waals surface area contributed by atoms with Crippen molar-refractivity contribution in [2.75, 3.05) is 11.1 Å². The first-order valence-electron chi connectivity index (χ1n) is 10.7. The van der Waals surface area contributed by atoms with Crippen molar-refractivity contribution in [3.63, 3.8) is 0 Å². The molecular formula is C22H27N5O4S3. The summed E-state index contributed by atoms with van der Waals surface area (Å²) in [6.07, 6.45) is 0.536. The number of aromatic nitrogens is 3. The van der Waals surface area contributed by atoms with Gasteiger partial charge in [-0.05, 0) is 45.7 Å². The number of nitrogens with two attached hydrogens (primary N) is 1. The predicted octanol–water partition coefficient (Wildman–Crippen LogP) is 4.49. The quantitative estimate of drug-likeness (QED) is 0.297. The average molecular weight is 522 g/mol. The second kappa shape index (κ2) is 11.2. The minimum absolute atomic E-state index is 0.0477. The Balaban J connectivity index is 1.78. The van der Waals surface area contributed by atoms with E-state index < -0.39 is 11.9 Å². The topological polar surface area (TPSA) is 129 Å². The summed E-state index contributed by atoms with van der Waals surface area (Å²) in [6.45, 7) is 9.88. The number of primary amides is 1. The summed E-state index contributed by atoms with van der Waals surface area (Å²) in [5.41, 5.74) is 6.99. The smallest absolute Gasteiger partial charge is 0.341 e. The Kier molecular flexibility index (Phi) is 8.50. The van der Waals surface area contributed by atoms with Gasteiger partial charge in [-0.25, -0.2) is 4.79 Å². The second-order valence-electron chi connectivity index (χ2n) is 7.82. The van der Waals surface area contributed by atoms with Crippen LogP contribution in [0.15, 0.2) is 16.6 Å². The molecule has 0 aliphatic rings. The molecule has 0 radical (unpaired) electrons. The van der Waals surface area contributed by atoms with Crippen molar-refractivity contribution in [3.05, 3.63) is 32.3 Å². The van der Waals surface area contributed by atoms with Gasteiger partial charge in [0.2, 0.25) is 5.91 Å². The van der Waals surface area contributed by atoms with Crippen LogP contribution >= 0.6 is 34.4 Å². The maximum atomic E-state index is 12.8. The zero-order valence-corrected chi connectivity index (χ0v) is 22.1. The van der Waals surface area contributed by atoms with Crippen LogP contribution in [0.5, 0.6) is 0 Å². The number of carbonyl (C=O) groups excluding carboxylic acids is 3. The molecule has 3 aromatic rings. The molecule has 182 valence electrons. The van der Waals surface area contributed by atoms with Gasteiger partial charge in [0.15, 0.2) is 11.0 Å². The van der Waals surface area contributed by atoms with E-state index in [2.05, 4.69) is 28.5 Å². The van der Waals surface area contributed by atoms with Gasteiger partial charge >= 0.3 is 5.97 Å². The van der Waals surface area contributed by atoms with Crippen LogP contribution in [-0.4, -0.2) is 44.4 Å². The molecule has 0 aromatic carbocycles. The maximum absolute atomic E-state index is 12.8. The van der Waals surface area contributed by atoms with Gasteiger partial charge < -0.3 is 20.4 Å². The molecule has 34 heavy (non-hydrogen) atoms. The van der Waals surface area contributed by atoms with E-state index in [1.807, 2.05) is 16.9 Å². The van der Waals surface area contributed by atoms with E-state index in [1.165, 1.54) is 16.6 Å². The summed E-state index contributed by atoms with van der Waals surface area (Å²) < 4.78 is 7.29. The normalized spacial score (nSPS) is 11.1. The number of carbonyl (C=O) groups is 3. The van der Waals surface area contributed by atoms with Crippen molar-refractivity contribution in [3.8, 4) is 11.4 Å². The third-order valence-corrected chi connectivity index (χ3v) is 7.71. The molecule has 12 heteroatoms. The highest BCUT2D eigenvalue weighted by Gasteiger charge is 2.26. The van der Waals surface area contributed by atoms with Crippen molar-refractivity contribution >= 4 is 57.2 Å². The van der Waals surface area contributed by atoms with Crippen LogP contribution in [0.3, 0.4) is 0 Å². The first-order chi connectivity index (χ1) is 16.1. The highest BCUT2D eigenvalue weighted by Crippen LogP contribution is 2.34. The summed E-state index contributed by atoms with van der Waals surface area (Å²) in [5.74, 6) is -0.809. The Morgan fingerprint density at radius 2 is 2.00 bits per heavy atom. The fourth-order valence-electron chi connectivity index (χ4n) is 3.24. The summed E-state index contributed by atoms with van der Waals surface area (Å²) >= 11 is 3.87. The number of anilines is 1. The number of rotatable bonds is 10. The van der Waals surface area contributed by atoms with Crippen LogP contribution < -0.4 is 11.1 Å². The number of nitrogens with one attached hydrogen (secondary N) is 1.